The van der Waals surface area contributed by atoms with E-state index >= 15 is 0 Å². The Bertz CT molecular complexity index is 898. The summed E-state index contributed by atoms with van der Waals surface area (Å²) < 4.78 is 1.54. The Kier molecular flexibility index (Phi) is 4.01. The van der Waals surface area contributed by atoms with Crippen molar-refractivity contribution in [2.45, 2.75) is 6.54 Å². The van der Waals surface area contributed by atoms with Crippen LogP contribution in [0.3, 0.4) is 0 Å². The van der Waals surface area contributed by atoms with Crippen molar-refractivity contribution in [3.8, 4) is 0 Å². The number of fused-ring (bicyclic) bond motifs is 1. The molecule has 2 heterocycles. The molecule has 4 rings (SSSR count). The van der Waals surface area contributed by atoms with Gasteiger partial charge in [-0.15, -0.1) is 0 Å². The lowest BCUT2D eigenvalue weighted by atomic mass is 10.1. The number of nitrogens with zero attached hydrogens (tertiary/aromatic N) is 3. The van der Waals surface area contributed by atoms with Gasteiger partial charge in [0.15, 0.2) is 0 Å². The average molecular weight is 320 g/mol. The molecule has 0 bridgehead atoms. The monoisotopic (exact) mass is 320 g/mol. The number of hydrogen-bond acceptors (Lipinski definition) is 4. The van der Waals surface area contributed by atoms with Crippen LogP contribution >= 0.6 is 0 Å². The van der Waals surface area contributed by atoms with Gasteiger partial charge in [0.25, 0.3) is 5.56 Å². The number of nitrogens with one attached hydrogen (secondary N) is 1. The van der Waals surface area contributed by atoms with Crippen LogP contribution in [0.25, 0.3) is 10.8 Å². The number of rotatable bonds is 3. The third-order valence-electron chi connectivity index (χ3n) is 4.50. The van der Waals surface area contributed by atoms with E-state index in [-0.39, 0.29) is 5.56 Å². The average Bonchev–Trinajstić information content (AvgIpc) is 2.65. The molecule has 1 N–H and O–H groups in total. The number of anilines is 1. The normalized spacial score (nSPS) is 14.9. The molecule has 0 saturated carbocycles. The van der Waals surface area contributed by atoms with Gasteiger partial charge in [-0.05, 0) is 17.7 Å². The summed E-state index contributed by atoms with van der Waals surface area (Å²) in [5, 5.41) is 9.30. The van der Waals surface area contributed by atoms with E-state index in [1.54, 1.807) is 10.9 Å². The highest BCUT2D eigenvalue weighted by atomic mass is 16.1. The minimum Gasteiger partial charge on any atom is -0.369 e. The quantitative estimate of drug-likeness (QED) is 0.800. The number of benzene rings is 2. The van der Waals surface area contributed by atoms with Gasteiger partial charge < -0.3 is 10.2 Å². The highest BCUT2D eigenvalue weighted by Gasteiger charge is 2.12. The predicted octanol–water partition coefficient (Wildman–Crippen LogP) is 1.85. The molecule has 1 saturated heterocycles. The number of aromatic nitrogens is 2. The Labute approximate surface area is 140 Å². The molecule has 1 aliphatic heterocycles. The van der Waals surface area contributed by atoms with Gasteiger partial charge in [0.1, 0.15) is 0 Å². The van der Waals surface area contributed by atoms with Crippen LogP contribution in [0.1, 0.15) is 5.56 Å². The smallest absolute Gasteiger partial charge is 0.275 e. The van der Waals surface area contributed by atoms with E-state index in [9.17, 15) is 4.79 Å². The van der Waals surface area contributed by atoms with Crippen LogP contribution in [0.5, 0.6) is 0 Å². The minimum absolute atomic E-state index is 0.0339. The van der Waals surface area contributed by atoms with Gasteiger partial charge in [-0.2, -0.15) is 5.10 Å². The van der Waals surface area contributed by atoms with Crippen LogP contribution < -0.4 is 15.8 Å². The van der Waals surface area contributed by atoms with E-state index in [0.29, 0.717) is 6.54 Å². The maximum Gasteiger partial charge on any atom is 0.275 e. The summed E-state index contributed by atoms with van der Waals surface area (Å²) in [6, 6.07) is 16.0. The van der Waals surface area contributed by atoms with Crippen LogP contribution in [0.15, 0.2) is 59.5 Å². The Balaban J connectivity index is 1.72. The molecule has 5 nitrogen and oxygen atoms in total. The van der Waals surface area contributed by atoms with Crippen LogP contribution in [-0.4, -0.2) is 36.0 Å². The van der Waals surface area contributed by atoms with Gasteiger partial charge in [0, 0.05) is 37.3 Å². The van der Waals surface area contributed by atoms with Crippen LogP contribution in [0, 0.1) is 0 Å². The molecule has 0 atom stereocenters. The zero-order valence-electron chi connectivity index (χ0n) is 13.5. The molecular formula is C19H20N4O. The second-order valence-electron chi connectivity index (χ2n) is 6.10. The second kappa shape index (κ2) is 6.45. The predicted molar refractivity (Wildman–Crippen MR) is 96.6 cm³/mol. The van der Waals surface area contributed by atoms with Gasteiger partial charge in [-0.1, -0.05) is 36.4 Å². The fourth-order valence-electron chi connectivity index (χ4n) is 3.15. The maximum atomic E-state index is 12.8. The molecule has 2 aromatic carbocycles. The topological polar surface area (TPSA) is 50.2 Å². The van der Waals surface area contributed by atoms with Crippen molar-refractivity contribution in [2.75, 3.05) is 31.1 Å². The fourth-order valence-corrected chi connectivity index (χ4v) is 3.15. The largest absolute Gasteiger partial charge is 0.369 e. The lowest BCUT2D eigenvalue weighted by molar-refractivity contribution is 0.589. The van der Waals surface area contributed by atoms with Gasteiger partial charge in [-0.25, -0.2) is 4.68 Å². The summed E-state index contributed by atoms with van der Waals surface area (Å²) in [4.78, 5) is 15.2. The Morgan fingerprint density at radius 1 is 1.04 bits per heavy atom. The fraction of sp³-hybridized carbons (Fsp3) is 0.263. The van der Waals surface area contributed by atoms with Crippen molar-refractivity contribution >= 4 is 16.5 Å². The first-order valence-electron chi connectivity index (χ1n) is 8.31. The van der Waals surface area contributed by atoms with E-state index in [1.165, 1.54) is 0 Å². The summed E-state index contributed by atoms with van der Waals surface area (Å²) >= 11 is 0. The van der Waals surface area contributed by atoms with Gasteiger partial charge in [-0.3, -0.25) is 4.79 Å². The third-order valence-corrected chi connectivity index (χ3v) is 4.50. The Morgan fingerprint density at radius 3 is 2.62 bits per heavy atom. The molecule has 122 valence electrons. The van der Waals surface area contributed by atoms with Crippen LogP contribution in [0.4, 0.5) is 5.69 Å². The molecular weight excluding hydrogens is 300 g/mol. The summed E-state index contributed by atoms with van der Waals surface area (Å²) in [6.45, 7) is 4.39. The standard InChI is InChI=1S/C19H20N4O/c24-19-18-12-17(22-10-8-20-9-11-22)7-6-16(18)13-21-23(19)14-15-4-2-1-3-5-15/h1-7,12-13,20H,8-11,14H2. The van der Waals surface area contributed by atoms with E-state index in [4.69, 9.17) is 0 Å². The lowest BCUT2D eigenvalue weighted by Gasteiger charge is -2.29. The van der Waals surface area contributed by atoms with Gasteiger partial charge in [0.05, 0.1) is 18.1 Å². The van der Waals surface area contributed by atoms with Crippen LogP contribution in [0.2, 0.25) is 0 Å². The SMILES string of the molecule is O=c1c2cc(N3CCNCC3)ccc2cnn1Cc1ccccc1. The van der Waals surface area contributed by atoms with Crippen molar-refractivity contribution in [1.29, 1.82) is 0 Å². The molecule has 1 aromatic heterocycles. The molecule has 0 radical (unpaired) electrons. The van der Waals surface area contributed by atoms with Crippen molar-refractivity contribution in [1.82, 2.24) is 15.1 Å². The zero-order valence-corrected chi connectivity index (χ0v) is 13.5. The van der Waals surface area contributed by atoms with Gasteiger partial charge >= 0.3 is 0 Å². The number of piperazine rings is 1. The lowest BCUT2D eigenvalue weighted by Crippen LogP contribution is -2.43. The summed E-state index contributed by atoms with van der Waals surface area (Å²) in [5.41, 5.74) is 2.15. The molecule has 24 heavy (non-hydrogen) atoms. The van der Waals surface area contributed by atoms with Gasteiger partial charge in [0.2, 0.25) is 0 Å². The first-order chi connectivity index (χ1) is 11.8. The first-order valence-corrected chi connectivity index (χ1v) is 8.31. The molecule has 0 spiro atoms. The second-order valence-corrected chi connectivity index (χ2v) is 6.10. The molecule has 1 fully saturated rings. The molecule has 0 unspecified atom stereocenters. The molecule has 5 heteroatoms. The summed E-state index contributed by atoms with van der Waals surface area (Å²) in [6.07, 6.45) is 1.78. The molecule has 3 aromatic rings. The number of hydrogen-bond donors (Lipinski definition) is 1. The Morgan fingerprint density at radius 2 is 1.83 bits per heavy atom. The first kappa shape index (κ1) is 14.9. The highest BCUT2D eigenvalue weighted by Crippen LogP contribution is 2.20. The minimum atomic E-state index is -0.0339. The van der Waals surface area contributed by atoms with Crippen molar-refractivity contribution in [3.05, 3.63) is 70.6 Å². The Hall–Kier alpha value is -2.66. The van der Waals surface area contributed by atoms with E-state index in [0.717, 1.165) is 48.2 Å². The maximum absolute atomic E-state index is 12.8. The third kappa shape index (κ3) is 2.90. The van der Waals surface area contributed by atoms with Crippen molar-refractivity contribution < 1.29 is 0 Å². The van der Waals surface area contributed by atoms with E-state index < -0.39 is 0 Å². The summed E-state index contributed by atoms with van der Waals surface area (Å²) in [7, 11) is 0. The molecule has 1 aliphatic rings. The highest BCUT2D eigenvalue weighted by molar-refractivity contribution is 5.84. The summed E-state index contributed by atoms with van der Waals surface area (Å²) in [5.74, 6) is 0. The van der Waals surface area contributed by atoms with E-state index in [2.05, 4.69) is 21.4 Å². The van der Waals surface area contributed by atoms with E-state index in [1.807, 2.05) is 42.5 Å². The van der Waals surface area contributed by atoms with Crippen LogP contribution in [-0.2, 0) is 6.54 Å². The zero-order chi connectivity index (χ0) is 16.4. The van der Waals surface area contributed by atoms with Crippen molar-refractivity contribution in [3.63, 3.8) is 0 Å². The molecule has 0 aliphatic carbocycles. The molecule has 0 amide bonds. The van der Waals surface area contributed by atoms with Crippen molar-refractivity contribution in [2.24, 2.45) is 0 Å².